The molecule has 144 valence electrons. The number of carbonyl (C=O) groups is 1. The molecule has 1 aliphatic heterocycles. The Kier molecular flexibility index (Phi) is 6.22. The lowest BCUT2D eigenvalue weighted by Crippen LogP contribution is -2.23. The Morgan fingerprint density at radius 3 is 3.00 bits per heavy atom. The molecule has 0 bridgehead atoms. The third-order valence-electron chi connectivity index (χ3n) is 4.72. The van der Waals surface area contributed by atoms with Crippen molar-refractivity contribution < 1.29 is 9.53 Å². The normalized spacial score (nSPS) is 18.4. The van der Waals surface area contributed by atoms with Crippen molar-refractivity contribution in [2.24, 2.45) is 5.92 Å². The van der Waals surface area contributed by atoms with Crippen molar-refractivity contribution >= 4 is 17.0 Å². The Morgan fingerprint density at radius 2 is 2.19 bits per heavy atom. The van der Waals surface area contributed by atoms with Crippen molar-refractivity contribution in [1.29, 1.82) is 0 Å². The number of hydrogen-bond acceptors (Lipinski definition) is 5. The molecule has 0 saturated carbocycles. The van der Waals surface area contributed by atoms with Gasteiger partial charge in [0.25, 0.3) is 0 Å². The van der Waals surface area contributed by atoms with Crippen LogP contribution >= 0.6 is 0 Å². The lowest BCUT2D eigenvalue weighted by atomic mass is 10.0. The van der Waals surface area contributed by atoms with Crippen molar-refractivity contribution in [2.45, 2.75) is 45.6 Å². The molecule has 0 aromatic carbocycles. The third-order valence-corrected chi connectivity index (χ3v) is 4.72. The van der Waals surface area contributed by atoms with Crippen LogP contribution in [0.3, 0.4) is 0 Å². The molecule has 5 nitrogen and oxygen atoms in total. The van der Waals surface area contributed by atoms with E-state index in [0.717, 1.165) is 49.2 Å². The van der Waals surface area contributed by atoms with Gasteiger partial charge in [-0.05, 0) is 76.8 Å². The molecule has 1 fully saturated rings. The SMILES string of the molecule is CC(C)(C)OC(=O)C=CCN1CCC(CCc2ccc3cccnc3n2)C1. The highest BCUT2D eigenvalue weighted by atomic mass is 16.6. The van der Waals surface area contributed by atoms with E-state index in [9.17, 15) is 4.79 Å². The zero-order chi connectivity index (χ0) is 19.3. The molecular formula is C22H29N3O2. The van der Waals surface area contributed by atoms with E-state index in [4.69, 9.17) is 4.74 Å². The zero-order valence-corrected chi connectivity index (χ0v) is 16.5. The number of nitrogens with zero attached hydrogens (tertiary/aromatic N) is 3. The smallest absolute Gasteiger partial charge is 0.330 e. The minimum atomic E-state index is -0.438. The Hall–Kier alpha value is -2.27. The first kappa shape index (κ1) is 19.5. The number of pyridine rings is 2. The summed E-state index contributed by atoms with van der Waals surface area (Å²) in [5, 5.41) is 1.09. The van der Waals surface area contributed by atoms with Crippen LogP contribution in [0.5, 0.6) is 0 Å². The van der Waals surface area contributed by atoms with Crippen LogP contribution in [-0.4, -0.2) is 46.1 Å². The molecule has 2 aromatic rings. The number of ether oxygens (including phenoxy) is 1. The van der Waals surface area contributed by atoms with Crippen LogP contribution in [0.4, 0.5) is 0 Å². The molecule has 1 atom stereocenters. The summed E-state index contributed by atoms with van der Waals surface area (Å²) in [4.78, 5) is 23.1. The van der Waals surface area contributed by atoms with Crippen molar-refractivity contribution in [1.82, 2.24) is 14.9 Å². The summed E-state index contributed by atoms with van der Waals surface area (Å²) < 4.78 is 5.29. The fourth-order valence-corrected chi connectivity index (χ4v) is 3.43. The molecule has 0 radical (unpaired) electrons. The number of fused-ring (bicyclic) bond motifs is 1. The van der Waals surface area contributed by atoms with Gasteiger partial charge in [-0.1, -0.05) is 6.08 Å². The molecule has 0 spiro atoms. The molecule has 1 saturated heterocycles. The molecule has 5 heteroatoms. The second-order valence-electron chi connectivity index (χ2n) is 8.24. The van der Waals surface area contributed by atoms with E-state index in [1.165, 1.54) is 6.42 Å². The average Bonchev–Trinajstić information content (AvgIpc) is 3.06. The van der Waals surface area contributed by atoms with Gasteiger partial charge in [-0.25, -0.2) is 14.8 Å². The first-order chi connectivity index (χ1) is 12.9. The first-order valence-electron chi connectivity index (χ1n) is 9.71. The van der Waals surface area contributed by atoms with Crippen molar-refractivity contribution in [3.05, 3.63) is 48.3 Å². The maximum Gasteiger partial charge on any atom is 0.330 e. The standard InChI is InChI=1S/C22H29N3O2/c1-22(2,3)27-20(26)7-5-14-25-15-12-17(16-25)8-10-19-11-9-18-6-4-13-23-21(18)24-19/h4-7,9,11,13,17H,8,10,12,14-16H2,1-3H3. The van der Waals surface area contributed by atoms with Gasteiger partial charge < -0.3 is 4.74 Å². The van der Waals surface area contributed by atoms with Crippen LogP contribution in [0.25, 0.3) is 11.0 Å². The molecule has 1 aliphatic rings. The predicted molar refractivity (Wildman–Crippen MR) is 107 cm³/mol. The van der Waals surface area contributed by atoms with Crippen LogP contribution in [-0.2, 0) is 16.0 Å². The summed E-state index contributed by atoms with van der Waals surface area (Å²) in [7, 11) is 0. The van der Waals surface area contributed by atoms with Crippen LogP contribution in [0.15, 0.2) is 42.6 Å². The van der Waals surface area contributed by atoms with Gasteiger partial charge >= 0.3 is 5.97 Å². The van der Waals surface area contributed by atoms with Gasteiger partial charge in [-0.3, -0.25) is 4.90 Å². The van der Waals surface area contributed by atoms with Gasteiger partial charge in [-0.15, -0.1) is 0 Å². The summed E-state index contributed by atoms with van der Waals surface area (Å²) in [6, 6.07) is 8.19. The monoisotopic (exact) mass is 367 g/mol. The summed E-state index contributed by atoms with van der Waals surface area (Å²) >= 11 is 0. The fourth-order valence-electron chi connectivity index (χ4n) is 3.43. The van der Waals surface area contributed by atoms with Gasteiger partial charge in [0.05, 0.1) is 0 Å². The van der Waals surface area contributed by atoms with E-state index >= 15 is 0 Å². The van der Waals surface area contributed by atoms with E-state index in [1.54, 1.807) is 12.3 Å². The first-order valence-corrected chi connectivity index (χ1v) is 9.71. The molecule has 0 N–H and O–H groups in total. The molecule has 0 amide bonds. The quantitative estimate of drug-likeness (QED) is 0.574. The Balaban J connectivity index is 1.42. The van der Waals surface area contributed by atoms with E-state index in [2.05, 4.69) is 27.0 Å². The Morgan fingerprint density at radius 1 is 1.33 bits per heavy atom. The number of aromatic nitrogens is 2. The number of esters is 1. The second kappa shape index (κ2) is 8.61. The number of hydrogen-bond donors (Lipinski definition) is 0. The number of rotatable bonds is 6. The maximum absolute atomic E-state index is 11.7. The lowest BCUT2D eigenvalue weighted by Gasteiger charge is -2.18. The Labute approximate surface area is 161 Å². The summed E-state index contributed by atoms with van der Waals surface area (Å²) in [6.45, 7) is 8.59. The number of aryl methyl sites for hydroxylation is 1. The molecular weight excluding hydrogens is 338 g/mol. The molecule has 0 aliphatic carbocycles. The van der Waals surface area contributed by atoms with E-state index in [-0.39, 0.29) is 5.97 Å². The molecule has 3 rings (SSSR count). The minimum Gasteiger partial charge on any atom is -0.457 e. The topological polar surface area (TPSA) is 55.3 Å². The zero-order valence-electron chi connectivity index (χ0n) is 16.5. The fraction of sp³-hybridized carbons (Fsp3) is 0.500. The van der Waals surface area contributed by atoms with Gasteiger partial charge in [-0.2, -0.15) is 0 Å². The van der Waals surface area contributed by atoms with Crippen LogP contribution in [0.2, 0.25) is 0 Å². The van der Waals surface area contributed by atoms with Gasteiger partial charge in [0.2, 0.25) is 0 Å². The van der Waals surface area contributed by atoms with Crippen LogP contribution < -0.4 is 0 Å². The molecule has 3 heterocycles. The molecule has 27 heavy (non-hydrogen) atoms. The average molecular weight is 367 g/mol. The van der Waals surface area contributed by atoms with Crippen LogP contribution in [0.1, 0.15) is 39.3 Å². The van der Waals surface area contributed by atoms with Crippen LogP contribution in [0, 0.1) is 5.92 Å². The highest BCUT2D eigenvalue weighted by Crippen LogP contribution is 2.21. The minimum absolute atomic E-state index is 0.269. The number of carbonyl (C=O) groups excluding carboxylic acids is 1. The summed E-state index contributed by atoms with van der Waals surface area (Å²) in [6.07, 6.45) is 8.57. The third kappa shape index (κ3) is 6.14. The van der Waals surface area contributed by atoms with E-state index in [0.29, 0.717) is 5.92 Å². The summed E-state index contributed by atoms with van der Waals surface area (Å²) in [5.74, 6) is 0.412. The number of likely N-dealkylation sites (tertiary alicyclic amines) is 1. The lowest BCUT2D eigenvalue weighted by molar-refractivity contribution is -0.148. The van der Waals surface area contributed by atoms with E-state index in [1.807, 2.05) is 39.0 Å². The summed E-state index contributed by atoms with van der Waals surface area (Å²) in [5.41, 5.74) is 1.51. The molecule has 2 aromatic heterocycles. The van der Waals surface area contributed by atoms with Gasteiger partial charge in [0.15, 0.2) is 5.65 Å². The van der Waals surface area contributed by atoms with Gasteiger partial charge in [0, 0.05) is 36.4 Å². The highest BCUT2D eigenvalue weighted by Gasteiger charge is 2.21. The highest BCUT2D eigenvalue weighted by molar-refractivity contribution is 5.82. The largest absolute Gasteiger partial charge is 0.457 e. The Bertz CT molecular complexity index is 811. The van der Waals surface area contributed by atoms with Crippen molar-refractivity contribution in [3.8, 4) is 0 Å². The van der Waals surface area contributed by atoms with Gasteiger partial charge in [0.1, 0.15) is 5.60 Å². The van der Waals surface area contributed by atoms with E-state index < -0.39 is 5.60 Å². The molecule has 1 unspecified atom stereocenters. The van der Waals surface area contributed by atoms with Crippen molar-refractivity contribution in [3.63, 3.8) is 0 Å². The predicted octanol–water partition coefficient (Wildman–Crippen LogP) is 3.78. The second-order valence-corrected chi connectivity index (χ2v) is 8.24. The van der Waals surface area contributed by atoms with Crippen molar-refractivity contribution in [2.75, 3.05) is 19.6 Å². The maximum atomic E-state index is 11.7.